The normalized spacial score (nSPS) is 9.76. The molecule has 0 radical (unpaired) electrons. The molecule has 7 nitrogen and oxygen atoms in total. The lowest BCUT2D eigenvalue weighted by Gasteiger charge is -2.02. The van der Waals surface area contributed by atoms with E-state index in [2.05, 4.69) is 15.5 Å². The predicted molar refractivity (Wildman–Crippen MR) is 111 cm³/mol. The first-order valence-corrected chi connectivity index (χ1v) is 9.45. The summed E-state index contributed by atoms with van der Waals surface area (Å²) < 4.78 is 5.19. The Kier molecular flexibility index (Phi) is 6.31. The largest absolute Gasteiger partial charge is 0.462 e. The standard InChI is InChI=1S/C21H15N5O2S/c1-2-28-21(27)19-18(14-7-4-3-5-8-14)24-20(29-19)15-9-6-10-16(11-15)25-26-17(12-22)13-23/h3-11,25H,2H2,1H3. The number of hydrogen-bond acceptors (Lipinski definition) is 8. The number of rotatable bonds is 6. The molecule has 0 atom stereocenters. The van der Waals surface area contributed by atoms with Gasteiger partial charge < -0.3 is 4.74 Å². The number of nitrogens with one attached hydrogen (secondary N) is 1. The van der Waals surface area contributed by atoms with Crippen LogP contribution >= 0.6 is 11.3 Å². The second kappa shape index (κ2) is 9.27. The van der Waals surface area contributed by atoms with E-state index in [1.807, 2.05) is 36.4 Å². The number of benzene rings is 2. The number of aromatic nitrogens is 1. The van der Waals surface area contributed by atoms with E-state index in [0.29, 0.717) is 21.3 Å². The maximum absolute atomic E-state index is 12.5. The monoisotopic (exact) mass is 401 g/mol. The number of hydrogen-bond donors (Lipinski definition) is 1. The zero-order valence-corrected chi connectivity index (χ0v) is 16.2. The van der Waals surface area contributed by atoms with Crippen molar-refractivity contribution in [1.29, 1.82) is 10.5 Å². The Bertz CT molecular complexity index is 1120. The van der Waals surface area contributed by atoms with Gasteiger partial charge in [-0.3, -0.25) is 5.43 Å². The Morgan fingerprint density at radius 2 is 1.86 bits per heavy atom. The summed E-state index contributed by atoms with van der Waals surface area (Å²) in [5.74, 6) is -0.415. The van der Waals surface area contributed by atoms with Crippen LogP contribution in [-0.4, -0.2) is 23.3 Å². The van der Waals surface area contributed by atoms with Gasteiger partial charge in [-0.05, 0) is 19.1 Å². The number of thiazole rings is 1. The fraction of sp³-hybridized carbons (Fsp3) is 0.0952. The molecule has 3 aromatic rings. The van der Waals surface area contributed by atoms with Crippen LogP contribution in [-0.2, 0) is 4.74 Å². The van der Waals surface area contributed by atoms with Crippen LogP contribution in [0, 0.1) is 22.7 Å². The molecule has 8 heteroatoms. The van der Waals surface area contributed by atoms with Gasteiger partial charge in [-0.2, -0.15) is 15.6 Å². The number of carbonyl (C=O) groups is 1. The number of nitriles is 2. The smallest absolute Gasteiger partial charge is 0.350 e. The van der Waals surface area contributed by atoms with Gasteiger partial charge in [-0.15, -0.1) is 11.3 Å². The third kappa shape index (κ3) is 4.64. The average molecular weight is 401 g/mol. The number of ether oxygens (including phenoxy) is 1. The lowest BCUT2D eigenvalue weighted by atomic mass is 10.1. The minimum Gasteiger partial charge on any atom is -0.462 e. The third-order valence-electron chi connectivity index (χ3n) is 3.75. The highest BCUT2D eigenvalue weighted by Crippen LogP contribution is 2.35. The van der Waals surface area contributed by atoms with Gasteiger partial charge in [0.25, 0.3) is 0 Å². The van der Waals surface area contributed by atoms with Gasteiger partial charge in [-0.1, -0.05) is 42.5 Å². The molecule has 0 aliphatic rings. The van der Waals surface area contributed by atoms with Crippen molar-refractivity contribution in [3.8, 4) is 34.0 Å². The van der Waals surface area contributed by atoms with E-state index in [1.54, 1.807) is 37.3 Å². The van der Waals surface area contributed by atoms with Crippen LogP contribution in [0.1, 0.15) is 16.6 Å². The number of anilines is 1. The van der Waals surface area contributed by atoms with Crippen LogP contribution in [0.25, 0.3) is 21.8 Å². The van der Waals surface area contributed by atoms with Crippen molar-refractivity contribution in [3.63, 3.8) is 0 Å². The molecule has 29 heavy (non-hydrogen) atoms. The van der Waals surface area contributed by atoms with Crippen molar-refractivity contribution in [3.05, 3.63) is 59.5 Å². The molecular formula is C21H15N5O2S. The predicted octanol–water partition coefficient (Wildman–Crippen LogP) is 4.47. The van der Waals surface area contributed by atoms with E-state index in [9.17, 15) is 4.79 Å². The first kappa shape index (κ1) is 19.7. The molecule has 1 N–H and O–H groups in total. The van der Waals surface area contributed by atoms with E-state index in [4.69, 9.17) is 15.3 Å². The Morgan fingerprint density at radius 3 is 2.55 bits per heavy atom. The van der Waals surface area contributed by atoms with Crippen LogP contribution in [0.15, 0.2) is 59.7 Å². The Balaban J connectivity index is 2.00. The van der Waals surface area contributed by atoms with E-state index in [1.165, 1.54) is 11.3 Å². The van der Waals surface area contributed by atoms with Crippen LogP contribution < -0.4 is 5.43 Å². The summed E-state index contributed by atoms with van der Waals surface area (Å²) in [7, 11) is 0. The summed E-state index contributed by atoms with van der Waals surface area (Å²) >= 11 is 1.24. The molecule has 3 rings (SSSR count). The minimum atomic E-state index is -0.415. The van der Waals surface area contributed by atoms with Gasteiger partial charge in [0.15, 0.2) is 0 Å². The molecule has 0 saturated carbocycles. The molecular weight excluding hydrogens is 386 g/mol. The van der Waals surface area contributed by atoms with Gasteiger partial charge in [0.05, 0.1) is 18.0 Å². The molecule has 0 unspecified atom stereocenters. The molecule has 0 bridgehead atoms. The maximum Gasteiger partial charge on any atom is 0.350 e. The molecule has 0 aliphatic heterocycles. The lowest BCUT2D eigenvalue weighted by molar-refractivity contribution is 0.0532. The van der Waals surface area contributed by atoms with E-state index in [-0.39, 0.29) is 12.3 Å². The molecule has 0 aliphatic carbocycles. The Hall–Kier alpha value is -4.01. The third-order valence-corrected chi connectivity index (χ3v) is 4.84. The lowest BCUT2D eigenvalue weighted by Crippen LogP contribution is -2.03. The van der Waals surface area contributed by atoms with E-state index in [0.717, 1.165) is 11.1 Å². The number of carbonyl (C=O) groups excluding carboxylic acids is 1. The van der Waals surface area contributed by atoms with Crippen molar-refractivity contribution in [1.82, 2.24) is 4.98 Å². The van der Waals surface area contributed by atoms with Crippen LogP contribution in [0.2, 0.25) is 0 Å². The average Bonchev–Trinajstić information content (AvgIpc) is 3.21. The summed E-state index contributed by atoms with van der Waals surface area (Å²) in [5, 5.41) is 21.9. The highest BCUT2D eigenvalue weighted by Gasteiger charge is 2.21. The molecule has 0 amide bonds. The Labute approximate surface area is 171 Å². The van der Waals surface area contributed by atoms with Gasteiger partial charge >= 0.3 is 5.97 Å². The second-order valence-corrected chi connectivity index (χ2v) is 6.66. The topological polar surface area (TPSA) is 111 Å². The molecule has 2 aromatic carbocycles. The van der Waals surface area contributed by atoms with E-state index >= 15 is 0 Å². The number of hydrazone groups is 1. The number of esters is 1. The van der Waals surface area contributed by atoms with Gasteiger partial charge in [-0.25, -0.2) is 9.78 Å². The summed E-state index contributed by atoms with van der Waals surface area (Å²) in [6.07, 6.45) is 0. The summed E-state index contributed by atoms with van der Waals surface area (Å²) in [6, 6.07) is 20.0. The van der Waals surface area contributed by atoms with Crippen molar-refractivity contribution in [2.45, 2.75) is 6.92 Å². The van der Waals surface area contributed by atoms with Crippen LogP contribution in [0.4, 0.5) is 5.69 Å². The first-order chi connectivity index (χ1) is 14.2. The fourth-order valence-corrected chi connectivity index (χ4v) is 3.47. The summed E-state index contributed by atoms with van der Waals surface area (Å²) in [6.45, 7) is 2.03. The van der Waals surface area contributed by atoms with Crippen LogP contribution in [0.5, 0.6) is 0 Å². The second-order valence-electron chi connectivity index (χ2n) is 5.66. The van der Waals surface area contributed by atoms with Gasteiger partial charge in [0.2, 0.25) is 5.71 Å². The van der Waals surface area contributed by atoms with Crippen molar-refractivity contribution in [2.75, 3.05) is 12.0 Å². The zero-order chi connectivity index (χ0) is 20.6. The summed E-state index contributed by atoms with van der Waals surface area (Å²) in [5.41, 5.74) is 5.14. The molecule has 0 saturated heterocycles. The highest BCUT2D eigenvalue weighted by atomic mass is 32.1. The van der Waals surface area contributed by atoms with Gasteiger partial charge in [0.1, 0.15) is 22.0 Å². The molecule has 142 valence electrons. The minimum absolute atomic E-state index is 0.276. The summed E-state index contributed by atoms with van der Waals surface area (Å²) in [4.78, 5) is 17.6. The SMILES string of the molecule is CCOC(=O)c1sc(-c2cccc(NN=C(C#N)C#N)c2)nc1-c1ccccc1. The molecule has 0 fully saturated rings. The quantitative estimate of drug-likeness (QED) is 0.371. The van der Waals surface area contributed by atoms with Gasteiger partial charge in [0, 0.05) is 11.1 Å². The maximum atomic E-state index is 12.5. The fourth-order valence-electron chi connectivity index (χ4n) is 2.49. The van der Waals surface area contributed by atoms with Crippen molar-refractivity contribution < 1.29 is 9.53 Å². The van der Waals surface area contributed by atoms with E-state index < -0.39 is 5.97 Å². The highest BCUT2D eigenvalue weighted by molar-refractivity contribution is 7.17. The number of nitrogens with zero attached hydrogens (tertiary/aromatic N) is 4. The molecule has 0 spiro atoms. The molecule has 1 aromatic heterocycles. The first-order valence-electron chi connectivity index (χ1n) is 8.64. The van der Waals surface area contributed by atoms with Crippen molar-refractivity contribution >= 4 is 28.7 Å². The van der Waals surface area contributed by atoms with Crippen molar-refractivity contribution in [2.24, 2.45) is 5.10 Å². The Morgan fingerprint density at radius 1 is 1.14 bits per heavy atom. The van der Waals surface area contributed by atoms with Crippen LogP contribution in [0.3, 0.4) is 0 Å². The zero-order valence-electron chi connectivity index (χ0n) is 15.4. The molecule has 1 heterocycles.